The Kier molecular flexibility index (Phi) is 5.58. The molecule has 6 nitrogen and oxygen atoms in total. The first-order valence-corrected chi connectivity index (χ1v) is 8.89. The fourth-order valence-corrected chi connectivity index (χ4v) is 3.10. The maximum absolute atomic E-state index is 12.3. The number of aromatic nitrogens is 3. The van der Waals surface area contributed by atoms with Gasteiger partial charge in [0.2, 0.25) is 5.91 Å². The molecule has 1 saturated heterocycles. The molecule has 1 fully saturated rings. The van der Waals surface area contributed by atoms with Gasteiger partial charge in [-0.25, -0.2) is 9.97 Å². The highest BCUT2D eigenvalue weighted by Gasteiger charge is 2.26. The van der Waals surface area contributed by atoms with Gasteiger partial charge in [-0.3, -0.25) is 9.78 Å². The molecule has 0 radical (unpaired) electrons. The Labute approximate surface area is 148 Å². The van der Waals surface area contributed by atoms with Crippen molar-refractivity contribution in [2.24, 2.45) is 5.92 Å². The van der Waals surface area contributed by atoms with Crippen molar-refractivity contribution >= 4 is 17.5 Å². The summed E-state index contributed by atoms with van der Waals surface area (Å²) in [5.74, 6) is 2.32. The standard InChI is InChI=1S/C19H25N5O/c1-14(2)10-19(25)24-9-5-6-15(13-24)16-11-22-18(12-21-16)23-17-7-3-4-8-20-17/h3-4,7-8,11-12,14-15H,5-6,9-10,13H2,1-2H3,(H,20,22,23)/t15-/m1/s1. The Morgan fingerprint density at radius 2 is 2.12 bits per heavy atom. The summed E-state index contributed by atoms with van der Waals surface area (Å²) in [6.45, 7) is 5.76. The van der Waals surface area contributed by atoms with Crippen molar-refractivity contribution in [3.8, 4) is 0 Å². The molecule has 0 unspecified atom stereocenters. The monoisotopic (exact) mass is 339 g/mol. The van der Waals surface area contributed by atoms with Crippen molar-refractivity contribution in [1.29, 1.82) is 0 Å². The molecule has 1 N–H and O–H groups in total. The predicted octanol–water partition coefficient (Wildman–Crippen LogP) is 3.37. The Bertz CT molecular complexity index is 687. The molecule has 1 aliphatic heterocycles. The number of rotatable bonds is 5. The van der Waals surface area contributed by atoms with Gasteiger partial charge in [0.25, 0.3) is 0 Å². The molecule has 3 heterocycles. The topological polar surface area (TPSA) is 71.0 Å². The average Bonchev–Trinajstić information content (AvgIpc) is 2.63. The Hall–Kier alpha value is -2.50. The number of pyridine rings is 1. The minimum atomic E-state index is 0.251. The molecule has 3 rings (SSSR count). The molecule has 1 atom stereocenters. The van der Waals surface area contributed by atoms with Gasteiger partial charge < -0.3 is 10.2 Å². The molecule has 0 aliphatic carbocycles. The number of hydrogen-bond donors (Lipinski definition) is 1. The Morgan fingerprint density at radius 3 is 2.80 bits per heavy atom. The molecule has 25 heavy (non-hydrogen) atoms. The van der Waals surface area contributed by atoms with Crippen molar-refractivity contribution in [3.05, 3.63) is 42.5 Å². The third kappa shape index (κ3) is 4.75. The van der Waals surface area contributed by atoms with Gasteiger partial charge in [0.1, 0.15) is 11.6 Å². The van der Waals surface area contributed by atoms with Crippen LogP contribution in [0.3, 0.4) is 0 Å². The van der Waals surface area contributed by atoms with Crippen LogP contribution in [0.1, 0.15) is 44.7 Å². The zero-order chi connectivity index (χ0) is 17.6. The van der Waals surface area contributed by atoms with Crippen molar-refractivity contribution in [3.63, 3.8) is 0 Å². The summed E-state index contributed by atoms with van der Waals surface area (Å²) in [6.07, 6.45) is 7.96. The third-order valence-corrected chi connectivity index (χ3v) is 4.37. The number of anilines is 2. The fourth-order valence-electron chi connectivity index (χ4n) is 3.10. The first-order valence-electron chi connectivity index (χ1n) is 8.89. The van der Waals surface area contributed by atoms with Gasteiger partial charge in [-0.1, -0.05) is 19.9 Å². The summed E-state index contributed by atoms with van der Waals surface area (Å²) in [6, 6.07) is 5.67. The summed E-state index contributed by atoms with van der Waals surface area (Å²) in [7, 11) is 0. The van der Waals surface area contributed by atoms with Crippen LogP contribution >= 0.6 is 0 Å². The molecular weight excluding hydrogens is 314 g/mol. The fraction of sp³-hybridized carbons (Fsp3) is 0.474. The van der Waals surface area contributed by atoms with E-state index < -0.39 is 0 Å². The smallest absolute Gasteiger partial charge is 0.222 e. The van der Waals surface area contributed by atoms with Crippen LogP contribution in [-0.4, -0.2) is 38.8 Å². The van der Waals surface area contributed by atoms with E-state index in [0.717, 1.165) is 37.4 Å². The van der Waals surface area contributed by atoms with E-state index >= 15 is 0 Å². The average molecular weight is 339 g/mol. The summed E-state index contributed by atoms with van der Waals surface area (Å²) >= 11 is 0. The van der Waals surface area contributed by atoms with Crippen molar-refractivity contribution < 1.29 is 4.79 Å². The van der Waals surface area contributed by atoms with Gasteiger partial charge in [0.05, 0.1) is 18.1 Å². The first kappa shape index (κ1) is 17.3. The van der Waals surface area contributed by atoms with E-state index in [0.29, 0.717) is 18.2 Å². The third-order valence-electron chi connectivity index (χ3n) is 4.37. The summed E-state index contributed by atoms with van der Waals surface area (Å²) in [4.78, 5) is 27.5. The van der Waals surface area contributed by atoms with Crippen molar-refractivity contribution in [2.75, 3.05) is 18.4 Å². The van der Waals surface area contributed by atoms with E-state index in [-0.39, 0.29) is 11.8 Å². The SMILES string of the molecule is CC(C)CC(=O)N1CCC[C@@H](c2cnc(Nc3ccccn3)cn2)C1. The number of carbonyl (C=O) groups excluding carboxylic acids is 1. The lowest BCUT2D eigenvalue weighted by Gasteiger charge is -2.33. The minimum absolute atomic E-state index is 0.251. The van der Waals surface area contributed by atoms with Gasteiger partial charge in [0, 0.05) is 31.6 Å². The lowest BCUT2D eigenvalue weighted by molar-refractivity contribution is -0.133. The van der Waals surface area contributed by atoms with E-state index in [4.69, 9.17) is 0 Å². The molecule has 0 spiro atoms. The minimum Gasteiger partial charge on any atom is -0.342 e. The largest absolute Gasteiger partial charge is 0.342 e. The van der Waals surface area contributed by atoms with Crippen LogP contribution in [-0.2, 0) is 4.79 Å². The van der Waals surface area contributed by atoms with Gasteiger partial charge in [-0.15, -0.1) is 0 Å². The Morgan fingerprint density at radius 1 is 1.24 bits per heavy atom. The number of nitrogens with zero attached hydrogens (tertiary/aromatic N) is 4. The highest BCUT2D eigenvalue weighted by atomic mass is 16.2. The molecule has 0 saturated carbocycles. The number of nitrogens with one attached hydrogen (secondary N) is 1. The number of likely N-dealkylation sites (tertiary alicyclic amines) is 1. The second kappa shape index (κ2) is 8.05. The predicted molar refractivity (Wildman–Crippen MR) is 97.6 cm³/mol. The van der Waals surface area contributed by atoms with E-state index in [1.165, 1.54) is 0 Å². The number of amides is 1. The second-order valence-electron chi connectivity index (χ2n) is 6.94. The highest BCUT2D eigenvalue weighted by Crippen LogP contribution is 2.26. The van der Waals surface area contributed by atoms with Gasteiger partial charge in [-0.05, 0) is 30.9 Å². The highest BCUT2D eigenvalue weighted by molar-refractivity contribution is 5.76. The normalized spacial score (nSPS) is 17.6. The molecule has 6 heteroatoms. The van der Waals surface area contributed by atoms with E-state index in [9.17, 15) is 4.79 Å². The number of carbonyl (C=O) groups is 1. The van der Waals surface area contributed by atoms with Crippen LogP contribution in [0.4, 0.5) is 11.6 Å². The molecule has 132 valence electrons. The molecule has 0 aromatic carbocycles. The van der Waals surface area contributed by atoms with Crippen LogP contribution in [0.2, 0.25) is 0 Å². The molecule has 0 bridgehead atoms. The van der Waals surface area contributed by atoms with Crippen molar-refractivity contribution in [2.45, 2.75) is 39.0 Å². The maximum Gasteiger partial charge on any atom is 0.222 e. The summed E-state index contributed by atoms with van der Waals surface area (Å²) in [5, 5.41) is 3.13. The summed E-state index contributed by atoms with van der Waals surface area (Å²) in [5.41, 5.74) is 0.952. The van der Waals surface area contributed by atoms with Crippen LogP contribution in [0.15, 0.2) is 36.8 Å². The molecular formula is C19H25N5O. The number of hydrogen-bond acceptors (Lipinski definition) is 5. The molecule has 2 aromatic rings. The molecule has 1 aliphatic rings. The van der Waals surface area contributed by atoms with E-state index in [1.807, 2.05) is 29.3 Å². The first-order chi connectivity index (χ1) is 12.1. The van der Waals surface area contributed by atoms with Gasteiger partial charge >= 0.3 is 0 Å². The lowest BCUT2D eigenvalue weighted by Crippen LogP contribution is -2.39. The zero-order valence-corrected chi connectivity index (χ0v) is 14.9. The quantitative estimate of drug-likeness (QED) is 0.904. The molecule has 1 amide bonds. The maximum atomic E-state index is 12.3. The van der Waals surface area contributed by atoms with E-state index in [2.05, 4.69) is 34.1 Å². The van der Waals surface area contributed by atoms with Crippen LogP contribution in [0.5, 0.6) is 0 Å². The second-order valence-corrected chi connectivity index (χ2v) is 6.94. The van der Waals surface area contributed by atoms with Crippen LogP contribution in [0.25, 0.3) is 0 Å². The number of piperidine rings is 1. The van der Waals surface area contributed by atoms with E-state index in [1.54, 1.807) is 12.4 Å². The zero-order valence-electron chi connectivity index (χ0n) is 14.9. The van der Waals surface area contributed by atoms with Crippen LogP contribution < -0.4 is 5.32 Å². The van der Waals surface area contributed by atoms with Crippen LogP contribution in [0, 0.1) is 5.92 Å². The molecule has 2 aromatic heterocycles. The van der Waals surface area contributed by atoms with Crippen molar-refractivity contribution in [1.82, 2.24) is 19.9 Å². The summed E-state index contributed by atoms with van der Waals surface area (Å²) < 4.78 is 0. The van der Waals surface area contributed by atoms with Gasteiger partial charge in [-0.2, -0.15) is 0 Å². The lowest BCUT2D eigenvalue weighted by atomic mass is 9.94. The van der Waals surface area contributed by atoms with Gasteiger partial charge in [0.15, 0.2) is 0 Å². The Balaban J connectivity index is 1.62.